The molecule has 0 fully saturated rings. The van der Waals surface area contributed by atoms with Crippen LogP contribution in [-0.4, -0.2) is 28.3 Å². The number of benzene rings is 1. The minimum atomic E-state index is -1.04. The third-order valence-electron chi connectivity index (χ3n) is 3.13. The first kappa shape index (κ1) is 14.7. The molecule has 1 amide bonds. The predicted molar refractivity (Wildman–Crippen MR) is 78.4 cm³/mol. The molecule has 0 aliphatic rings. The Kier molecular flexibility index (Phi) is 4.03. The summed E-state index contributed by atoms with van der Waals surface area (Å²) >= 11 is 0. The van der Waals surface area contributed by atoms with E-state index in [4.69, 9.17) is 15.1 Å². The minimum Gasteiger partial charge on any atom is -0.477 e. The fraction of sp³-hybridized carbons (Fsp3) is 0.333. The van der Waals surface area contributed by atoms with E-state index in [2.05, 4.69) is 10.3 Å². The van der Waals surface area contributed by atoms with E-state index in [0.717, 1.165) is 16.5 Å². The summed E-state index contributed by atoms with van der Waals surface area (Å²) in [6.07, 6.45) is 1.34. The van der Waals surface area contributed by atoms with Gasteiger partial charge in [0.15, 0.2) is 6.61 Å². The van der Waals surface area contributed by atoms with Gasteiger partial charge in [0.2, 0.25) is 0 Å². The topological polar surface area (TPSA) is 98.1 Å². The number of carbonyl (C=O) groups is 1. The summed E-state index contributed by atoms with van der Waals surface area (Å²) in [5.74, 6) is 0.615. The summed E-state index contributed by atoms with van der Waals surface area (Å²) in [4.78, 5) is 13.9. The van der Waals surface area contributed by atoms with Crippen LogP contribution >= 0.6 is 0 Å². The van der Waals surface area contributed by atoms with Crippen molar-refractivity contribution < 1.29 is 14.6 Å². The molecule has 0 atom stereocenters. The zero-order valence-electron chi connectivity index (χ0n) is 11.9. The summed E-state index contributed by atoms with van der Waals surface area (Å²) in [7, 11) is 0. The van der Waals surface area contributed by atoms with Gasteiger partial charge in [-0.05, 0) is 31.9 Å². The number of hydrogen-bond acceptors (Lipinski definition) is 3. The van der Waals surface area contributed by atoms with Crippen molar-refractivity contribution in [3.63, 3.8) is 0 Å². The number of aromatic amines is 1. The van der Waals surface area contributed by atoms with E-state index in [0.29, 0.717) is 12.2 Å². The second kappa shape index (κ2) is 5.75. The predicted octanol–water partition coefficient (Wildman–Crippen LogP) is 2.66. The van der Waals surface area contributed by atoms with Crippen LogP contribution in [0, 0.1) is 11.3 Å². The Bertz CT molecular complexity index is 698. The highest BCUT2D eigenvalue weighted by molar-refractivity contribution is 5.88. The Morgan fingerprint density at radius 1 is 1.52 bits per heavy atom. The largest absolute Gasteiger partial charge is 0.477 e. The number of fused-ring (bicyclic) bond motifs is 1. The molecule has 1 aromatic carbocycles. The van der Waals surface area contributed by atoms with Crippen LogP contribution in [0.2, 0.25) is 0 Å². The third kappa shape index (κ3) is 3.45. The SMILES string of the molecule is CC(C)(Cc1c[nH]c2c(OCC#N)cccc12)NC(=O)O. The third-order valence-corrected chi connectivity index (χ3v) is 3.13. The average molecular weight is 287 g/mol. The molecule has 0 aliphatic heterocycles. The van der Waals surface area contributed by atoms with Crippen LogP contribution in [0.1, 0.15) is 19.4 Å². The van der Waals surface area contributed by atoms with Gasteiger partial charge in [-0.1, -0.05) is 12.1 Å². The van der Waals surface area contributed by atoms with Crippen LogP contribution in [0.5, 0.6) is 5.75 Å². The van der Waals surface area contributed by atoms with Crippen LogP contribution in [-0.2, 0) is 6.42 Å². The number of nitrogens with zero attached hydrogens (tertiary/aromatic N) is 1. The van der Waals surface area contributed by atoms with E-state index in [1.54, 1.807) is 6.07 Å². The van der Waals surface area contributed by atoms with Crippen molar-refractivity contribution >= 4 is 17.0 Å². The monoisotopic (exact) mass is 287 g/mol. The first-order valence-corrected chi connectivity index (χ1v) is 6.53. The van der Waals surface area contributed by atoms with Crippen molar-refractivity contribution in [3.05, 3.63) is 30.0 Å². The van der Waals surface area contributed by atoms with Gasteiger partial charge in [-0.25, -0.2) is 4.79 Å². The Morgan fingerprint density at radius 2 is 2.29 bits per heavy atom. The van der Waals surface area contributed by atoms with E-state index in [-0.39, 0.29) is 6.61 Å². The van der Waals surface area contributed by atoms with Crippen molar-refractivity contribution in [2.24, 2.45) is 0 Å². The number of rotatable bonds is 5. The lowest BCUT2D eigenvalue weighted by atomic mass is 9.95. The molecule has 0 unspecified atom stereocenters. The van der Waals surface area contributed by atoms with E-state index in [1.807, 2.05) is 38.2 Å². The second-order valence-corrected chi connectivity index (χ2v) is 5.43. The van der Waals surface area contributed by atoms with Crippen molar-refractivity contribution in [1.82, 2.24) is 10.3 Å². The van der Waals surface area contributed by atoms with Gasteiger partial charge < -0.3 is 20.1 Å². The highest BCUT2D eigenvalue weighted by Gasteiger charge is 2.22. The molecule has 1 heterocycles. The summed E-state index contributed by atoms with van der Waals surface area (Å²) in [5, 5.41) is 20.9. The molecule has 110 valence electrons. The van der Waals surface area contributed by atoms with E-state index >= 15 is 0 Å². The quantitative estimate of drug-likeness (QED) is 0.787. The number of para-hydroxylation sites is 1. The fourth-order valence-electron chi connectivity index (χ4n) is 2.37. The lowest BCUT2D eigenvalue weighted by Gasteiger charge is -2.24. The maximum Gasteiger partial charge on any atom is 0.405 e. The smallest absolute Gasteiger partial charge is 0.405 e. The van der Waals surface area contributed by atoms with Crippen molar-refractivity contribution in [1.29, 1.82) is 5.26 Å². The van der Waals surface area contributed by atoms with Gasteiger partial charge in [-0.3, -0.25) is 0 Å². The number of carboxylic acid groups (broad SMARTS) is 1. The molecule has 0 bridgehead atoms. The molecular formula is C15H17N3O3. The maximum atomic E-state index is 10.8. The number of hydrogen-bond donors (Lipinski definition) is 3. The van der Waals surface area contributed by atoms with Gasteiger partial charge in [-0.15, -0.1) is 0 Å². The highest BCUT2D eigenvalue weighted by atomic mass is 16.5. The summed E-state index contributed by atoms with van der Waals surface area (Å²) in [6, 6.07) is 7.52. The van der Waals surface area contributed by atoms with Gasteiger partial charge >= 0.3 is 6.09 Å². The van der Waals surface area contributed by atoms with Crippen LogP contribution < -0.4 is 10.1 Å². The molecule has 2 aromatic rings. The summed E-state index contributed by atoms with van der Waals surface area (Å²) < 4.78 is 5.37. The van der Waals surface area contributed by atoms with Crippen molar-refractivity contribution in [3.8, 4) is 11.8 Å². The van der Waals surface area contributed by atoms with Crippen LogP contribution in [0.3, 0.4) is 0 Å². The molecule has 21 heavy (non-hydrogen) atoms. The van der Waals surface area contributed by atoms with E-state index in [1.165, 1.54) is 0 Å². The number of ether oxygens (including phenoxy) is 1. The maximum absolute atomic E-state index is 10.8. The molecule has 6 nitrogen and oxygen atoms in total. The number of amides is 1. The van der Waals surface area contributed by atoms with E-state index in [9.17, 15) is 4.79 Å². The summed E-state index contributed by atoms with van der Waals surface area (Å²) in [5.41, 5.74) is 1.23. The molecule has 6 heteroatoms. The lowest BCUT2D eigenvalue weighted by Crippen LogP contribution is -2.44. The Hall–Kier alpha value is -2.68. The Morgan fingerprint density at radius 3 is 2.95 bits per heavy atom. The Labute approximate surface area is 122 Å². The highest BCUT2D eigenvalue weighted by Crippen LogP contribution is 2.29. The van der Waals surface area contributed by atoms with Crippen LogP contribution in [0.15, 0.2) is 24.4 Å². The molecule has 2 rings (SSSR count). The number of nitrogens with one attached hydrogen (secondary N) is 2. The van der Waals surface area contributed by atoms with Gasteiger partial charge in [0.25, 0.3) is 0 Å². The standard InChI is InChI=1S/C15H17N3O3/c1-15(2,18-14(19)20)8-10-9-17-13-11(10)4-3-5-12(13)21-7-6-16/h3-5,9,17-18H,7-8H2,1-2H3,(H,19,20). The molecule has 0 spiro atoms. The zero-order chi connectivity index (χ0) is 15.5. The molecular weight excluding hydrogens is 270 g/mol. The van der Waals surface area contributed by atoms with Crippen molar-refractivity contribution in [2.45, 2.75) is 25.8 Å². The van der Waals surface area contributed by atoms with Crippen LogP contribution in [0.25, 0.3) is 10.9 Å². The summed E-state index contributed by atoms with van der Waals surface area (Å²) in [6.45, 7) is 3.64. The lowest BCUT2D eigenvalue weighted by molar-refractivity contribution is 0.182. The average Bonchev–Trinajstić information content (AvgIpc) is 2.78. The van der Waals surface area contributed by atoms with Gasteiger partial charge in [0, 0.05) is 17.1 Å². The number of nitriles is 1. The fourth-order valence-corrected chi connectivity index (χ4v) is 2.37. The second-order valence-electron chi connectivity index (χ2n) is 5.43. The first-order chi connectivity index (χ1) is 9.93. The van der Waals surface area contributed by atoms with Crippen molar-refractivity contribution in [2.75, 3.05) is 6.61 Å². The van der Waals surface area contributed by atoms with E-state index < -0.39 is 11.6 Å². The number of aromatic nitrogens is 1. The van der Waals surface area contributed by atoms with Gasteiger partial charge in [0.05, 0.1) is 5.52 Å². The molecule has 0 aliphatic carbocycles. The van der Waals surface area contributed by atoms with Crippen LogP contribution in [0.4, 0.5) is 4.79 Å². The normalized spacial score (nSPS) is 11.1. The zero-order valence-corrected chi connectivity index (χ0v) is 11.9. The van der Waals surface area contributed by atoms with Gasteiger partial charge in [0.1, 0.15) is 11.8 Å². The number of H-pyrrole nitrogens is 1. The molecule has 0 saturated carbocycles. The molecule has 3 N–H and O–H groups in total. The molecule has 0 saturated heterocycles. The van der Waals surface area contributed by atoms with Gasteiger partial charge in [-0.2, -0.15) is 5.26 Å². The molecule has 1 aromatic heterocycles. The minimum absolute atomic E-state index is 0.0144. The molecule has 0 radical (unpaired) electrons. The Balaban J connectivity index is 2.30. The first-order valence-electron chi connectivity index (χ1n) is 6.53.